The maximum atomic E-state index is 13.6. The van der Waals surface area contributed by atoms with Gasteiger partial charge < -0.3 is 14.2 Å². The van der Waals surface area contributed by atoms with Crippen LogP contribution < -0.4 is 4.72 Å². The Labute approximate surface area is 177 Å². The summed E-state index contributed by atoms with van der Waals surface area (Å²) in [5.74, 6) is -1.33. The Morgan fingerprint density at radius 3 is 2.40 bits per heavy atom. The molecule has 0 bridgehead atoms. The van der Waals surface area contributed by atoms with E-state index in [1.54, 1.807) is 24.3 Å². The first-order chi connectivity index (χ1) is 14.3. The number of benzene rings is 2. The van der Waals surface area contributed by atoms with Gasteiger partial charge in [-0.15, -0.1) is 0 Å². The monoisotopic (exact) mass is 436 g/mol. The van der Waals surface area contributed by atoms with E-state index >= 15 is 0 Å². The zero-order valence-electron chi connectivity index (χ0n) is 16.8. The number of piperazine rings is 1. The number of carbonyl (C=O) groups is 1. The van der Waals surface area contributed by atoms with E-state index in [9.17, 15) is 22.3 Å². The first-order valence-electron chi connectivity index (χ1n) is 9.75. The molecule has 0 spiro atoms. The number of carbonyl (C=O) groups excluding carboxylic acids is 1. The summed E-state index contributed by atoms with van der Waals surface area (Å²) in [5, 5.41) is 0. The molecule has 3 atom stereocenters. The largest absolute Gasteiger partial charge is 0.755 e. The Morgan fingerprint density at radius 1 is 1.20 bits per heavy atom. The van der Waals surface area contributed by atoms with Gasteiger partial charge in [0.2, 0.25) is 0 Å². The lowest BCUT2D eigenvalue weighted by atomic mass is 10.0. The molecule has 2 aromatic rings. The molecular weight excluding hydrogens is 412 g/mol. The van der Waals surface area contributed by atoms with Gasteiger partial charge in [-0.1, -0.05) is 6.92 Å². The number of nitrogens with zero attached hydrogens (tertiary/aromatic N) is 2. The highest BCUT2D eigenvalue weighted by atomic mass is 32.2. The molecule has 0 aromatic heterocycles. The Bertz CT molecular complexity index is 906. The molecule has 2 aromatic carbocycles. The second-order valence-electron chi connectivity index (χ2n) is 7.35. The van der Waals surface area contributed by atoms with Crippen molar-refractivity contribution in [2.24, 2.45) is 0 Å². The molecule has 0 aliphatic carbocycles. The van der Waals surface area contributed by atoms with E-state index in [0.717, 1.165) is 12.5 Å². The smallest absolute Gasteiger partial charge is 0.254 e. The zero-order valence-corrected chi connectivity index (χ0v) is 17.6. The van der Waals surface area contributed by atoms with Gasteiger partial charge in [0.25, 0.3) is 5.91 Å². The van der Waals surface area contributed by atoms with E-state index in [4.69, 9.17) is 0 Å². The van der Waals surface area contributed by atoms with Gasteiger partial charge in [-0.05, 0) is 55.3 Å². The van der Waals surface area contributed by atoms with E-state index in [1.165, 1.54) is 12.1 Å². The van der Waals surface area contributed by atoms with Gasteiger partial charge in [-0.3, -0.25) is 13.9 Å². The van der Waals surface area contributed by atoms with Gasteiger partial charge in [0, 0.05) is 60.3 Å². The van der Waals surface area contributed by atoms with Crippen LogP contribution in [0.5, 0.6) is 0 Å². The molecule has 162 valence electrons. The Balaban J connectivity index is 1.70. The van der Waals surface area contributed by atoms with Crippen molar-refractivity contribution in [3.05, 3.63) is 65.2 Å². The standard InChI is InChI=1S/C21H25F2N3O3S/c1-3-20-13-25(14(2)16-10-17(22)12-18(23)11-16)8-9-26(20)21(27)15-4-6-19(7-5-15)24-30(28)29/h4-7,10-12,14,20,24H,3,8-9,13H2,1-2H3,(H,28,29)/p-1/t14?,20-/m0/s1. The molecule has 30 heavy (non-hydrogen) atoms. The average molecular weight is 437 g/mol. The summed E-state index contributed by atoms with van der Waals surface area (Å²) in [6, 6.07) is 9.59. The molecule has 1 heterocycles. The van der Waals surface area contributed by atoms with Crippen LogP contribution in [0.1, 0.15) is 42.2 Å². The summed E-state index contributed by atoms with van der Waals surface area (Å²) < 4.78 is 50.9. The van der Waals surface area contributed by atoms with Crippen molar-refractivity contribution in [3.63, 3.8) is 0 Å². The SMILES string of the molecule is CC[C@H]1CN(C(C)c2cc(F)cc(F)c2)CCN1C(=O)c1ccc(NS(=O)[O-])cc1. The minimum Gasteiger partial charge on any atom is -0.755 e. The summed E-state index contributed by atoms with van der Waals surface area (Å²) in [5.41, 5.74) is 1.43. The first-order valence-corrected chi connectivity index (χ1v) is 10.8. The molecule has 1 N–H and O–H groups in total. The normalized spacial score (nSPS) is 19.4. The van der Waals surface area contributed by atoms with Crippen molar-refractivity contribution in [3.8, 4) is 0 Å². The summed E-state index contributed by atoms with van der Waals surface area (Å²) in [7, 11) is 0. The van der Waals surface area contributed by atoms with Gasteiger partial charge in [0.05, 0.1) is 0 Å². The lowest BCUT2D eigenvalue weighted by Crippen LogP contribution is -2.55. The van der Waals surface area contributed by atoms with Crippen LogP contribution in [0, 0.1) is 11.6 Å². The fourth-order valence-corrected chi connectivity index (χ4v) is 4.15. The molecule has 2 unspecified atom stereocenters. The number of hydrogen-bond acceptors (Lipinski definition) is 4. The number of halogens is 2. The quantitative estimate of drug-likeness (QED) is 0.704. The predicted molar refractivity (Wildman–Crippen MR) is 110 cm³/mol. The van der Waals surface area contributed by atoms with Crippen molar-refractivity contribution in [2.75, 3.05) is 24.4 Å². The third-order valence-corrected chi connectivity index (χ3v) is 5.90. The molecule has 1 fully saturated rings. The number of anilines is 1. The fourth-order valence-electron chi connectivity index (χ4n) is 3.82. The molecular formula is C21H24F2N3O3S-. The molecule has 0 saturated carbocycles. The summed E-state index contributed by atoms with van der Waals surface area (Å²) in [6.07, 6.45) is 0.737. The molecule has 1 saturated heterocycles. The van der Waals surface area contributed by atoms with Gasteiger partial charge in [0.1, 0.15) is 11.6 Å². The Hall–Kier alpha value is -2.36. The van der Waals surface area contributed by atoms with Crippen LogP contribution in [0.3, 0.4) is 0 Å². The molecule has 0 radical (unpaired) electrons. The molecule has 1 aliphatic heterocycles. The third-order valence-electron chi connectivity index (χ3n) is 5.49. The van der Waals surface area contributed by atoms with E-state index in [2.05, 4.69) is 9.62 Å². The van der Waals surface area contributed by atoms with E-state index in [-0.39, 0.29) is 18.0 Å². The number of rotatable bonds is 6. The molecule has 1 aliphatic rings. The van der Waals surface area contributed by atoms with Crippen molar-refractivity contribution in [1.29, 1.82) is 0 Å². The third kappa shape index (κ3) is 5.21. The van der Waals surface area contributed by atoms with Crippen LogP contribution in [0.2, 0.25) is 0 Å². The van der Waals surface area contributed by atoms with Gasteiger partial charge in [-0.2, -0.15) is 0 Å². The van der Waals surface area contributed by atoms with Crippen molar-refractivity contribution in [1.82, 2.24) is 9.80 Å². The first kappa shape index (κ1) is 22.3. The number of hydrogen-bond donors (Lipinski definition) is 1. The molecule has 6 nitrogen and oxygen atoms in total. The fraction of sp³-hybridized carbons (Fsp3) is 0.381. The van der Waals surface area contributed by atoms with Crippen LogP contribution in [-0.4, -0.2) is 50.1 Å². The highest BCUT2D eigenvalue weighted by Gasteiger charge is 2.32. The van der Waals surface area contributed by atoms with Crippen LogP contribution >= 0.6 is 0 Å². The maximum Gasteiger partial charge on any atom is 0.254 e. The van der Waals surface area contributed by atoms with Crippen LogP contribution in [0.25, 0.3) is 0 Å². The Morgan fingerprint density at radius 2 is 1.83 bits per heavy atom. The lowest BCUT2D eigenvalue weighted by Gasteiger charge is -2.43. The predicted octanol–water partition coefficient (Wildman–Crippen LogP) is 3.47. The van der Waals surface area contributed by atoms with Crippen molar-refractivity contribution >= 4 is 22.9 Å². The summed E-state index contributed by atoms with van der Waals surface area (Å²) in [4.78, 5) is 16.9. The number of amides is 1. The topological polar surface area (TPSA) is 75.7 Å². The highest BCUT2D eigenvalue weighted by Crippen LogP contribution is 2.27. The van der Waals surface area contributed by atoms with Crippen molar-refractivity contribution < 1.29 is 22.3 Å². The van der Waals surface area contributed by atoms with Crippen molar-refractivity contribution in [2.45, 2.75) is 32.4 Å². The minimum atomic E-state index is -2.42. The summed E-state index contributed by atoms with van der Waals surface area (Å²) >= 11 is -2.42. The summed E-state index contributed by atoms with van der Waals surface area (Å²) in [6.45, 7) is 5.57. The maximum absolute atomic E-state index is 13.6. The lowest BCUT2D eigenvalue weighted by molar-refractivity contribution is 0.0355. The zero-order chi connectivity index (χ0) is 21.8. The number of nitrogens with one attached hydrogen (secondary N) is 1. The van der Waals surface area contributed by atoms with Gasteiger partial charge in [-0.25, -0.2) is 8.78 Å². The van der Waals surface area contributed by atoms with Gasteiger partial charge >= 0.3 is 0 Å². The molecule has 1 amide bonds. The second-order valence-corrected chi connectivity index (χ2v) is 8.02. The average Bonchev–Trinajstić information content (AvgIpc) is 2.71. The second kappa shape index (κ2) is 9.63. The van der Waals surface area contributed by atoms with Gasteiger partial charge in [0.15, 0.2) is 0 Å². The minimum absolute atomic E-state index is 0.0425. The van der Waals surface area contributed by atoms with E-state index in [0.29, 0.717) is 36.4 Å². The van der Waals surface area contributed by atoms with Crippen LogP contribution in [0.15, 0.2) is 42.5 Å². The van der Waals surface area contributed by atoms with E-state index in [1.807, 2.05) is 18.7 Å². The van der Waals surface area contributed by atoms with E-state index < -0.39 is 22.9 Å². The van der Waals surface area contributed by atoms with Crippen LogP contribution in [-0.2, 0) is 11.3 Å². The molecule has 3 rings (SSSR count). The molecule has 9 heteroatoms. The van der Waals surface area contributed by atoms with Crippen LogP contribution in [0.4, 0.5) is 14.5 Å². The highest BCUT2D eigenvalue weighted by molar-refractivity contribution is 7.80. The Kier molecular flexibility index (Phi) is 7.17.